The summed E-state index contributed by atoms with van der Waals surface area (Å²) < 4.78 is 13.6. The van der Waals surface area contributed by atoms with Gasteiger partial charge in [0.2, 0.25) is 0 Å². The highest BCUT2D eigenvalue weighted by molar-refractivity contribution is 7.75. The first-order valence-electron chi connectivity index (χ1n) is 13.4. The molecule has 0 aromatic heterocycles. The topological polar surface area (TPSA) is 21.5 Å². The highest BCUT2D eigenvalue weighted by Crippen LogP contribution is 2.14. The summed E-state index contributed by atoms with van der Waals surface area (Å²) in [6, 6.07) is 8.62. The van der Waals surface area contributed by atoms with Crippen molar-refractivity contribution >= 4 is 19.1 Å². The molecule has 0 saturated heterocycles. The predicted octanol–water partition coefficient (Wildman–Crippen LogP) is 7.40. The largest absolute Gasteiger partial charge is 0.378 e. The third-order valence-electron chi connectivity index (χ3n) is 6.58. The molecule has 0 fully saturated rings. The molecule has 1 heterocycles. The normalized spacial score (nSPS) is 14.2. The van der Waals surface area contributed by atoms with Crippen LogP contribution >= 0.6 is 12.9 Å². The number of hydrogen-bond donors (Lipinski definition) is 1. The maximum Gasteiger partial charge on any atom is 0.172 e. The molecule has 1 aromatic rings. The quantitative estimate of drug-likeness (QED) is 0.0943. The van der Waals surface area contributed by atoms with E-state index in [2.05, 4.69) is 54.9 Å². The lowest BCUT2D eigenvalue weighted by atomic mass is 10.0. The number of rotatable bonds is 20. The standard InChI is InChI=1S/C28H47NO2S/c1-2-3-4-5-6-7-8-9-10-11-12-13-14-17-22-30-25-28(31-32)24-29-21-20-26-18-15-16-19-27(26)23-29/h15-16,18-19,23,28H,2-14,17,20-22,24-25H2,1H3/p+1. The smallest absolute Gasteiger partial charge is 0.172 e. The van der Waals surface area contributed by atoms with Crippen molar-refractivity contribution < 1.29 is 13.5 Å². The summed E-state index contributed by atoms with van der Waals surface area (Å²) in [5.74, 6) is 0. The van der Waals surface area contributed by atoms with Crippen LogP contribution in [-0.2, 0) is 15.3 Å². The van der Waals surface area contributed by atoms with Crippen molar-refractivity contribution in [2.24, 2.45) is 0 Å². The molecule has 0 aliphatic carbocycles. The molecular formula is C28H48NO2S+. The predicted molar refractivity (Wildman–Crippen MR) is 140 cm³/mol. The lowest BCUT2D eigenvalue weighted by Crippen LogP contribution is -2.33. The number of ether oxygens (including phenoxy) is 1. The first kappa shape index (κ1) is 27.4. The molecule has 32 heavy (non-hydrogen) atoms. The number of hydrogen-bond acceptors (Lipinski definition) is 3. The Morgan fingerprint density at radius 2 is 1.44 bits per heavy atom. The van der Waals surface area contributed by atoms with Crippen molar-refractivity contribution in [2.45, 2.75) is 109 Å². The summed E-state index contributed by atoms with van der Waals surface area (Å²) in [5.41, 5.74) is 2.75. The van der Waals surface area contributed by atoms with E-state index in [0.717, 1.165) is 32.5 Å². The Labute approximate surface area is 203 Å². The fourth-order valence-corrected chi connectivity index (χ4v) is 4.68. The molecular weight excluding hydrogens is 414 g/mol. The van der Waals surface area contributed by atoms with Crippen molar-refractivity contribution in [1.29, 1.82) is 0 Å². The molecule has 0 spiro atoms. The highest BCUT2D eigenvalue weighted by atomic mass is 32.1. The number of thiol groups is 1. The van der Waals surface area contributed by atoms with Gasteiger partial charge in [-0.15, -0.1) is 0 Å². The van der Waals surface area contributed by atoms with Crippen molar-refractivity contribution in [1.82, 2.24) is 0 Å². The molecule has 0 amide bonds. The van der Waals surface area contributed by atoms with E-state index in [1.807, 2.05) is 0 Å². The van der Waals surface area contributed by atoms with Gasteiger partial charge in [0.1, 0.15) is 6.54 Å². The Morgan fingerprint density at radius 1 is 0.844 bits per heavy atom. The molecule has 4 heteroatoms. The second-order valence-corrected chi connectivity index (χ2v) is 9.68. The van der Waals surface area contributed by atoms with Gasteiger partial charge in [0.25, 0.3) is 0 Å². The van der Waals surface area contributed by atoms with Crippen LogP contribution in [0.5, 0.6) is 0 Å². The number of unbranched alkanes of at least 4 members (excludes halogenated alkanes) is 13. The second-order valence-electron chi connectivity index (χ2n) is 9.47. The van der Waals surface area contributed by atoms with Crippen LogP contribution in [0.2, 0.25) is 0 Å². The zero-order valence-corrected chi connectivity index (χ0v) is 21.5. The van der Waals surface area contributed by atoms with E-state index in [-0.39, 0.29) is 6.10 Å². The first-order valence-corrected chi connectivity index (χ1v) is 13.7. The maximum absolute atomic E-state index is 5.89. The average molecular weight is 463 g/mol. The molecule has 1 aliphatic rings. The van der Waals surface area contributed by atoms with Crippen molar-refractivity contribution in [3.05, 3.63) is 35.4 Å². The minimum atomic E-state index is 0.00601. The van der Waals surface area contributed by atoms with Gasteiger partial charge < -0.3 is 8.92 Å². The monoisotopic (exact) mass is 462 g/mol. The molecule has 182 valence electrons. The molecule has 3 nitrogen and oxygen atoms in total. The van der Waals surface area contributed by atoms with Crippen LogP contribution in [-0.4, -0.2) is 43.2 Å². The Balaban J connectivity index is 1.39. The van der Waals surface area contributed by atoms with Gasteiger partial charge in [0.05, 0.1) is 6.61 Å². The van der Waals surface area contributed by atoms with Gasteiger partial charge in [0, 0.05) is 18.6 Å². The Morgan fingerprint density at radius 3 is 2.06 bits per heavy atom. The van der Waals surface area contributed by atoms with Gasteiger partial charge in [-0.3, -0.25) is 0 Å². The summed E-state index contributed by atoms with van der Waals surface area (Å²) in [6.07, 6.45) is 22.7. The highest BCUT2D eigenvalue weighted by Gasteiger charge is 2.20. The van der Waals surface area contributed by atoms with Crippen molar-refractivity contribution in [3.63, 3.8) is 0 Å². The van der Waals surface area contributed by atoms with E-state index < -0.39 is 0 Å². The van der Waals surface area contributed by atoms with Crippen LogP contribution in [0.3, 0.4) is 0 Å². The van der Waals surface area contributed by atoms with Crippen LogP contribution in [0.25, 0.3) is 0 Å². The Bertz CT molecular complexity index is 619. The van der Waals surface area contributed by atoms with Gasteiger partial charge in [0.15, 0.2) is 18.9 Å². The molecule has 1 aromatic carbocycles. The first-order chi connectivity index (χ1) is 15.8. The molecule has 0 N–H and O–H groups in total. The number of fused-ring (bicyclic) bond motifs is 1. The maximum atomic E-state index is 5.89. The van der Waals surface area contributed by atoms with Crippen LogP contribution < -0.4 is 0 Å². The average Bonchev–Trinajstić information content (AvgIpc) is 2.83. The molecule has 0 radical (unpaired) electrons. The van der Waals surface area contributed by atoms with Gasteiger partial charge in [-0.25, -0.2) is 4.58 Å². The van der Waals surface area contributed by atoms with E-state index >= 15 is 0 Å². The molecule has 1 atom stereocenters. The van der Waals surface area contributed by atoms with Crippen molar-refractivity contribution in [3.8, 4) is 0 Å². The third-order valence-corrected chi connectivity index (χ3v) is 6.88. The van der Waals surface area contributed by atoms with Gasteiger partial charge >= 0.3 is 0 Å². The fraction of sp³-hybridized carbons (Fsp3) is 0.750. The Hall–Kier alpha value is -0.840. The van der Waals surface area contributed by atoms with E-state index in [4.69, 9.17) is 8.92 Å². The summed E-state index contributed by atoms with van der Waals surface area (Å²) in [5, 5.41) is 0. The van der Waals surface area contributed by atoms with E-state index in [1.165, 1.54) is 94.6 Å². The van der Waals surface area contributed by atoms with Crippen LogP contribution in [0.1, 0.15) is 108 Å². The minimum Gasteiger partial charge on any atom is -0.378 e. The molecule has 1 unspecified atom stereocenters. The summed E-state index contributed by atoms with van der Waals surface area (Å²) in [4.78, 5) is 0. The number of nitrogens with zero attached hydrogens (tertiary/aromatic N) is 1. The third kappa shape index (κ3) is 12.4. The second kappa shape index (κ2) is 18.6. The summed E-state index contributed by atoms with van der Waals surface area (Å²) >= 11 is 4.08. The van der Waals surface area contributed by atoms with Crippen LogP contribution in [0, 0.1) is 0 Å². The van der Waals surface area contributed by atoms with Gasteiger partial charge in [-0.2, -0.15) is 0 Å². The summed E-state index contributed by atoms with van der Waals surface area (Å²) in [7, 11) is 0. The minimum absolute atomic E-state index is 0.00601. The molecule has 0 bridgehead atoms. The lowest BCUT2D eigenvalue weighted by Gasteiger charge is -2.17. The fourth-order valence-electron chi connectivity index (χ4n) is 4.55. The molecule has 0 saturated carbocycles. The van der Waals surface area contributed by atoms with E-state index in [0.29, 0.717) is 6.61 Å². The van der Waals surface area contributed by atoms with Gasteiger partial charge in [-0.1, -0.05) is 109 Å². The Kier molecular flexibility index (Phi) is 15.9. The number of benzene rings is 1. The molecule has 1 aliphatic heterocycles. The molecule has 2 rings (SSSR count). The summed E-state index contributed by atoms with van der Waals surface area (Å²) in [6.45, 7) is 5.60. The van der Waals surface area contributed by atoms with E-state index in [1.54, 1.807) is 0 Å². The zero-order valence-electron chi connectivity index (χ0n) is 20.6. The van der Waals surface area contributed by atoms with Crippen LogP contribution in [0.4, 0.5) is 0 Å². The van der Waals surface area contributed by atoms with Crippen molar-refractivity contribution in [2.75, 3.05) is 26.3 Å². The lowest BCUT2D eigenvalue weighted by molar-refractivity contribution is -0.532. The van der Waals surface area contributed by atoms with E-state index in [9.17, 15) is 0 Å². The van der Waals surface area contributed by atoms with Gasteiger partial charge in [-0.05, 0) is 31.0 Å². The zero-order chi connectivity index (χ0) is 22.7. The SMILES string of the molecule is CCCCCCCCCCCCCCCCOCC(C[N+]1=Cc2ccccc2CC1)OS. The van der Waals surface area contributed by atoms with Crippen LogP contribution in [0.15, 0.2) is 24.3 Å².